The SMILES string of the molecule is O=C(O)C/C(=C\c1cccc(C(F)(F)F)c1)C(=O)O. The molecule has 4 nitrogen and oxygen atoms in total. The lowest BCUT2D eigenvalue weighted by atomic mass is 10.1. The van der Waals surface area contributed by atoms with Gasteiger partial charge in [0, 0.05) is 5.57 Å². The van der Waals surface area contributed by atoms with E-state index in [1.807, 2.05) is 0 Å². The molecular formula is C12H9F3O4. The van der Waals surface area contributed by atoms with E-state index in [0.29, 0.717) is 0 Å². The number of alkyl halides is 3. The van der Waals surface area contributed by atoms with Crippen molar-refractivity contribution in [2.75, 3.05) is 0 Å². The minimum atomic E-state index is -4.54. The van der Waals surface area contributed by atoms with E-state index in [4.69, 9.17) is 10.2 Å². The Balaban J connectivity index is 3.15. The molecule has 0 atom stereocenters. The van der Waals surface area contributed by atoms with Crippen LogP contribution in [0.15, 0.2) is 29.8 Å². The van der Waals surface area contributed by atoms with E-state index in [9.17, 15) is 22.8 Å². The van der Waals surface area contributed by atoms with Crippen LogP contribution in [0, 0.1) is 0 Å². The summed E-state index contributed by atoms with van der Waals surface area (Å²) in [5.41, 5.74) is -1.44. The summed E-state index contributed by atoms with van der Waals surface area (Å²) in [4.78, 5) is 21.2. The molecule has 0 radical (unpaired) electrons. The summed E-state index contributed by atoms with van der Waals surface area (Å²) in [5.74, 6) is -2.86. The van der Waals surface area contributed by atoms with Gasteiger partial charge in [0.2, 0.25) is 0 Å². The van der Waals surface area contributed by atoms with Crippen LogP contribution < -0.4 is 0 Å². The molecule has 1 aromatic carbocycles. The zero-order chi connectivity index (χ0) is 14.6. The third-order valence-electron chi connectivity index (χ3n) is 2.17. The van der Waals surface area contributed by atoms with Crippen molar-refractivity contribution >= 4 is 18.0 Å². The lowest BCUT2D eigenvalue weighted by molar-refractivity contribution is -0.139. The van der Waals surface area contributed by atoms with Crippen molar-refractivity contribution in [3.63, 3.8) is 0 Å². The number of halogens is 3. The van der Waals surface area contributed by atoms with Gasteiger partial charge in [-0.1, -0.05) is 12.1 Å². The largest absolute Gasteiger partial charge is 0.481 e. The quantitative estimate of drug-likeness (QED) is 0.828. The minimum absolute atomic E-state index is 0.0199. The minimum Gasteiger partial charge on any atom is -0.481 e. The summed E-state index contributed by atoms with van der Waals surface area (Å²) in [5, 5.41) is 17.3. The molecule has 1 rings (SSSR count). The summed E-state index contributed by atoms with van der Waals surface area (Å²) >= 11 is 0. The van der Waals surface area contributed by atoms with Gasteiger partial charge in [-0.05, 0) is 23.8 Å². The summed E-state index contributed by atoms with van der Waals surface area (Å²) < 4.78 is 37.3. The van der Waals surface area contributed by atoms with Gasteiger partial charge in [-0.15, -0.1) is 0 Å². The van der Waals surface area contributed by atoms with Crippen LogP contribution in [0.3, 0.4) is 0 Å². The van der Waals surface area contributed by atoms with Gasteiger partial charge in [0.15, 0.2) is 0 Å². The van der Waals surface area contributed by atoms with Crippen molar-refractivity contribution in [1.29, 1.82) is 0 Å². The van der Waals surface area contributed by atoms with E-state index in [2.05, 4.69) is 0 Å². The molecule has 0 aliphatic carbocycles. The fourth-order valence-corrected chi connectivity index (χ4v) is 1.36. The molecule has 1 aromatic rings. The summed E-state index contributed by atoms with van der Waals surface area (Å²) in [6, 6.07) is 3.98. The van der Waals surface area contributed by atoms with Gasteiger partial charge in [-0.25, -0.2) is 4.79 Å². The number of rotatable bonds is 4. The molecule has 0 spiro atoms. The summed E-state index contributed by atoms with van der Waals surface area (Å²) in [6.07, 6.45) is -4.41. The number of carboxylic acids is 2. The van der Waals surface area contributed by atoms with Crippen LogP contribution in [0.1, 0.15) is 17.5 Å². The summed E-state index contributed by atoms with van der Waals surface area (Å²) in [6.45, 7) is 0. The molecule has 0 unspecified atom stereocenters. The van der Waals surface area contributed by atoms with E-state index in [-0.39, 0.29) is 5.56 Å². The number of benzene rings is 1. The van der Waals surface area contributed by atoms with E-state index < -0.39 is 35.7 Å². The standard InChI is InChI=1S/C12H9F3O4/c13-12(14,15)9-3-1-2-7(5-9)4-8(11(18)19)6-10(16)17/h1-5H,6H2,(H,16,17)(H,18,19)/b8-4+. The van der Waals surface area contributed by atoms with Crippen molar-refractivity contribution in [3.8, 4) is 0 Å². The second-order valence-electron chi connectivity index (χ2n) is 3.67. The molecule has 0 saturated heterocycles. The normalized spacial score (nSPS) is 12.3. The van der Waals surface area contributed by atoms with Gasteiger partial charge >= 0.3 is 18.1 Å². The molecule has 0 aliphatic heterocycles. The molecule has 0 bridgehead atoms. The summed E-state index contributed by atoms with van der Waals surface area (Å²) in [7, 11) is 0. The highest BCUT2D eigenvalue weighted by molar-refractivity contribution is 5.96. The van der Waals surface area contributed by atoms with Crippen molar-refractivity contribution in [3.05, 3.63) is 41.0 Å². The third-order valence-corrected chi connectivity index (χ3v) is 2.17. The van der Waals surface area contributed by atoms with E-state index >= 15 is 0 Å². The molecule has 0 amide bonds. The van der Waals surface area contributed by atoms with Gasteiger partial charge in [0.05, 0.1) is 12.0 Å². The maximum atomic E-state index is 12.4. The lowest BCUT2D eigenvalue weighted by Crippen LogP contribution is -2.07. The van der Waals surface area contributed by atoms with Crippen LogP contribution in [-0.2, 0) is 15.8 Å². The molecule has 0 heterocycles. The molecule has 102 valence electrons. The first kappa shape index (κ1) is 14.7. The maximum absolute atomic E-state index is 12.4. The zero-order valence-electron chi connectivity index (χ0n) is 9.44. The zero-order valence-corrected chi connectivity index (χ0v) is 9.44. The highest BCUT2D eigenvalue weighted by atomic mass is 19.4. The number of carboxylic acid groups (broad SMARTS) is 2. The highest BCUT2D eigenvalue weighted by Gasteiger charge is 2.30. The Bertz CT molecular complexity index is 532. The Labute approximate surface area is 105 Å². The fourth-order valence-electron chi connectivity index (χ4n) is 1.36. The van der Waals surface area contributed by atoms with Crippen LogP contribution in [0.5, 0.6) is 0 Å². The smallest absolute Gasteiger partial charge is 0.416 e. The van der Waals surface area contributed by atoms with Crippen LogP contribution in [0.25, 0.3) is 6.08 Å². The van der Waals surface area contributed by atoms with Crippen LogP contribution in [-0.4, -0.2) is 22.2 Å². The number of aliphatic carboxylic acids is 2. The molecule has 2 N–H and O–H groups in total. The molecule has 0 aromatic heterocycles. The predicted molar refractivity (Wildman–Crippen MR) is 59.3 cm³/mol. The highest BCUT2D eigenvalue weighted by Crippen LogP contribution is 2.30. The molecular weight excluding hydrogens is 265 g/mol. The molecule has 0 saturated carbocycles. The van der Waals surface area contributed by atoms with Crippen molar-refractivity contribution in [2.45, 2.75) is 12.6 Å². The topological polar surface area (TPSA) is 74.6 Å². The van der Waals surface area contributed by atoms with Crippen molar-refractivity contribution in [1.82, 2.24) is 0 Å². The van der Waals surface area contributed by atoms with Crippen molar-refractivity contribution in [2.24, 2.45) is 0 Å². The average molecular weight is 274 g/mol. The Morgan fingerprint density at radius 1 is 1.21 bits per heavy atom. The van der Waals surface area contributed by atoms with Gasteiger partial charge in [-0.3, -0.25) is 4.79 Å². The second kappa shape index (κ2) is 5.55. The monoisotopic (exact) mass is 274 g/mol. The van der Waals surface area contributed by atoms with E-state index in [0.717, 1.165) is 24.3 Å². The second-order valence-corrected chi connectivity index (χ2v) is 3.67. The molecule has 19 heavy (non-hydrogen) atoms. The van der Waals surface area contributed by atoms with E-state index in [1.54, 1.807) is 0 Å². The third kappa shape index (κ3) is 4.46. The Kier molecular flexibility index (Phi) is 4.31. The van der Waals surface area contributed by atoms with Crippen LogP contribution in [0.2, 0.25) is 0 Å². The first-order valence-electron chi connectivity index (χ1n) is 5.03. The molecule has 7 heteroatoms. The van der Waals surface area contributed by atoms with E-state index in [1.165, 1.54) is 6.07 Å². The molecule has 0 fully saturated rings. The molecule has 0 aliphatic rings. The Hall–Kier alpha value is -2.31. The average Bonchev–Trinajstić information content (AvgIpc) is 2.26. The van der Waals surface area contributed by atoms with Gasteiger partial charge in [0.25, 0.3) is 0 Å². The fraction of sp³-hybridized carbons (Fsp3) is 0.167. The van der Waals surface area contributed by atoms with Crippen molar-refractivity contribution < 1.29 is 33.0 Å². The predicted octanol–water partition coefficient (Wildman–Crippen LogP) is 2.65. The van der Waals surface area contributed by atoms with Gasteiger partial charge in [-0.2, -0.15) is 13.2 Å². The maximum Gasteiger partial charge on any atom is 0.416 e. The van der Waals surface area contributed by atoms with Gasteiger partial charge < -0.3 is 10.2 Å². The first-order valence-corrected chi connectivity index (χ1v) is 5.03. The van der Waals surface area contributed by atoms with Crippen LogP contribution in [0.4, 0.5) is 13.2 Å². The number of hydrogen-bond acceptors (Lipinski definition) is 2. The lowest BCUT2D eigenvalue weighted by Gasteiger charge is -2.07. The number of carbonyl (C=O) groups is 2. The van der Waals surface area contributed by atoms with Crippen LogP contribution >= 0.6 is 0 Å². The van der Waals surface area contributed by atoms with Gasteiger partial charge in [0.1, 0.15) is 0 Å². The first-order chi connectivity index (χ1) is 8.70. The Morgan fingerprint density at radius 2 is 1.84 bits per heavy atom. The number of hydrogen-bond donors (Lipinski definition) is 2. The Morgan fingerprint density at radius 3 is 2.32 bits per heavy atom.